The molecule has 0 aromatic carbocycles. The van der Waals surface area contributed by atoms with Crippen LogP contribution in [0, 0.1) is 18.8 Å². The van der Waals surface area contributed by atoms with Crippen molar-refractivity contribution in [2.45, 2.75) is 51.1 Å². The molecular formula is C19H27F2N5O2. The lowest BCUT2D eigenvalue weighted by Gasteiger charge is -2.41. The number of piperidine rings is 1. The second-order valence-corrected chi connectivity index (χ2v) is 8.37. The molecule has 154 valence electrons. The van der Waals surface area contributed by atoms with Crippen molar-refractivity contribution < 1.29 is 18.4 Å². The normalized spacial score (nSPS) is 30.5. The number of anilines is 1. The van der Waals surface area contributed by atoms with E-state index in [-0.39, 0.29) is 36.1 Å². The molecule has 4 atom stereocenters. The maximum Gasteiger partial charge on any atom is 0.260 e. The Balaban J connectivity index is 1.46. The van der Waals surface area contributed by atoms with Crippen LogP contribution >= 0.6 is 0 Å². The van der Waals surface area contributed by atoms with Gasteiger partial charge in [-0.25, -0.2) is 13.5 Å². The van der Waals surface area contributed by atoms with E-state index in [1.807, 2.05) is 4.90 Å². The number of aryl methyl sites for hydroxylation is 1. The predicted octanol–water partition coefficient (Wildman–Crippen LogP) is 1.90. The number of amides is 2. The fraction of sp³-hybridized carbons (Fsp3) is 0.737. The third kappa shape index (κ3) is 3.46. The van der Waals surface area contributed by atoms with E-state index in [0.717, 1.165) is 12.8 Å². The molecule has 3 aliphatic rings. The molecule has 4 heterocycles. The van der Waals surface area contributed by atoms with E-state index in [1.165, 1.54) is 4.68 Å². The van der Waals surface area contributed by atoms with Crippen LogP contribution in [0.15, 0.2) is 6.07 Å². The molecule has 0 aliphatic carbocycles. The van der Waals surface area contributed by atoms with Crippen molar-refractivity contribution in [2.75, 3.05) is 32.0 Å². The number of likely N-dealkylation sites (tertiary alicyclic amines) is 2. The Labute approximate surface area is 163 Å². The zero-order valence-electron chi connectivity index (χ0n) is 16.3. The number of aromatic nitrogens is 2. The van der Waals surface area contributed by atoms with Crippen LogP contribution in [0.4, 0.5) is 14.6 Å². The summed E-state index contributed by atoms with van der Waals surface area (Å²) in [5, 5.41) is 7.60. The average Bonchev–Trinajstić information content (AvgIpc) is 3.21. The highest BCUT2D eigenvalue weighted by atomic mass is 19.3. The van der Waals surface area contributed by atoms with Crippen molar-refractivity contribution in [3.8, 4) is 0 Å². The fourth-order valence-corrected chi connectivity index (χ4v) is 4.83. The van der Waals surface area contributed by atoms with Gasteiger partial charge in [0.2, 0.25) is 11.8 Å². The summed E-state index contributed by atoms with van der Waals surface area (Å²) in [6.45, 7) is 3.48. The van der Waals surface area contributed by atoms with Crippen LogP contribution in [0.25, 0.3) is 0 Å². The molecule has 0 unspecified atom stereocenters. The van der Waals surface area contributed by atoms with Gasteiger partial charge in [-0.15, -0.1) is 0 Å². The number of nitrogens with zero attached hydrogens (tertiary/aromatic N) is 4. The number of rotatable bonds is 3. The highest BCUT2D eigenvalue weighted by molar-refractivity contribution is 5.89. The van der Waals surface area contributed by atoms with Crippen LogP contribution < -0.4 is 5.32 Å². The van der Waals surface area contributed by atoms with Crippen molar-refractivity contribution in [3.05, 3.63) is 11.8 Å². The molecule has 9 heteroatoms. The largest absolute Gasteiger partial charge is 0.367 e. The molecule has 4 rings (SSSR count). The van der Waals surface area contributed by atoms with Gasteiger partial charge >= 0.3 is 0 Å². The Kier molecular flexibility index (Phi) is 5.01. The van der Waals surface area contributed by atoms with Gasteiger partial charge in [0.05, 0.1) is 11.6 Å². The van der Waals surface area contributed by atoms with Crippen LogP contribution in [0.5, 0.6) is 0 Å². The zero-order valence-corrected chi connectivity index (χ0v) is 16.3. The molecular weight excluding hydrogens is 368 g/mol. The predicted molar refractivity (Wildman–Crippen MR) is 99.1 cm³/mol. The maximum absolute atomic E-state index is 13.6. The topological polar surface area (TPSA) is 70.5 Å². The first-order valence-corrected chi connectivity index (χ1v) is 9.97. The molecule has 0 saturated carbocycles. The molecule has 28 heavy (non-hydrogen) atoms. The lowest BCUT2D eigenvalue weighted by molar-refractivity contribution is -0.137. The molecule has 1 aromatic heterocycles. The Hall–Kier alpha value is -2.19. The number of hydrogen-bond donors (Lipinski definition) is 1. The Morgan fingerprint density at radius 1 is 1.36 bits per heavy atom. The Morgan fingerprint density at radius 3 is 2.82 bits per heavy atom. The monoisotopic (exact) mass is 395 g/mol. The lowest BCUT2D eigenvalue weighted by atomic mass is 9.85. The Bertz CT molecular complexity index is 768. The van der Waals surface area contributed by atoms with Gasteiger partial charge in [-0.3, -0.25) is 9.59 Å². The van der Waals surface area contributed by atoms with Gasteiger partial charge in [0, 0.05) is 45.2 Å². The van der Waals surface area contributed by atoms with Crippen molar-refractivity contribution in [3.63, 3.8) is 0 Å². The molecule has 7 nitrogen and oxygen atoms in total. The summed E-state index contributed by atoms with van der Waals surface area (Å²) >= 11 is 0. The Morgan fingerprint density at radius 2 is 2.14 bits per heavy atom. The zero-order chi connectivity index (χ0) is 20.0. The van der Waals surface area contributed by atoms with Gasteiger partial charge in [0.1, 0.15) is 11.9 Å². The SMILES string of the molecule is Cc1cc2n(n1)[C@@H](C(F)F)C[C@@H]([C@H]1CCCN(C(=O)[C@H]3CC(=O)N(C)C3)C1)N2. The molecule has 1 N–H and O–H groups in total. The number of fused-ring (bicyclic) bond motifs is 1. The van der Waals surface area contributed by atoms with Gasteiger partial charge in [0.15, 0.2) is 0 Å². The van der Waals surface area contributed by atoms with Crippen molar-refractivity contribution in [1.82, 2.24) is 19.6 Å². The molecule has 0 radical (unpaired) electrons. The number of alkyl halides is 2. The van der Waals surface area contributed by atoms with Crippen molar-refractivity contribution in [1.29, 1.82) is 0 Å². The van der Waals surface area contributed by atoms with Crippen molar-refractivity contribution >= 4 is 17.6 Å². The molecule has 0 bridgehead atoms. The molecule has 3 aliphatic heterocycles. The van der Waals surface area contributed by atoms with E-state index in [4.69, 9.17) is 0 Å². The maximum atomic E-state index is 13.6. The molecule has 2 fully saturated rings. The molecule has 2 saturated heterocycles. The van der Waals surface area contributed by atoms with E-state index < -0.39 is 12.5 Å². The highest BCUT2D eigenvalue weighted by Crippen LogP contribution is 2.36. The first-order chi connectivity index (χ1) is 13.3. The summed E-state index contributed by atoms with van der Waals surface area (Å²) in [6, 6.07) is 0.737. The van der Waals surface area contributed by atoms with Crippen LogP contribution in [0.1, 0.15) is 37.4 Å². The minimum atomic E-state index is -2.48. The van der Waals surface area contributed by atoms with Gasteiger partial charge in [-0.1, -0.05) is 0 Å². The van der Waals surface area contributed by atoms with Crippen molar-refractivity contribution in [2.24, 2.45) is 11.8 Å². The number of carbonyl (C=O) groups is 2. The summed E-state index contributed by atoms with van der Waals surface area (Å²) in [6.07, 6.45) is -0.173. The first-order valence-electron chi connectivity index (χ1n) is 9.97. The van der Waals surface area contributed by atoms with E-state index in [1.54, 1.807) is 24.9 Å². The summed E-state index contributed by atoms with van der Waals surface area (Å²) in [5.41, 5.74) is 0.712. The van der Waals surface area contributed by atoms with Gasteiger partial charge in [0.25, 0.3) is 6.43 Å². The second-order valence-electron chi connectivity index (χ2n) is 8.37. The van der Waals surface area contributed by atoms with E-state index in [2.05, 4.69) is 10.4 Å². The third-order valence-electron chi connectivity index (χ3n) is 6.32. The number of nitrogens with one attached hydrogen (secondary N) is 1. The van der Waals surface area contributed by atoms with Crippen LogP contribution in [-0.2, 0) is 9.59 Å². The van der Waals surface area contributed by atoms with Gasteiger partial charge in [-0.05, 0) is 32.1 Å². The highest BCUT2D eigenvalue weighted by Gasteiger charge is 2.40. The van der Waals surface area contributed by atoms with Crippen LogP contribution in [-0.4, -0.2) is 70.5 Å². The third-order valence-corrected chi connectivity index (χ3v) is 6.32. The molecule has 1 aromatic rings. The minimum absolute atomic E-state index is 0.00395. The first kappa shape index (κ1) is 19.1. The second kappa shape index (κ2) is 7.33. The van der Waals surface area contributed by atoms with Gasteiger partial charge < -0.3 is 15.1 Å². The summed E-state index contributed by atoms with van der Waals surface area (Å²) in [5.74, 6) is 0.477. The summed E-state index contributed by atoms with van der Waals surface area (Å²) in [4.78, 5) is 28.1. The van der Waals surface area contributed by atoms with E-state index >= 15 is 0 Å². The quantitative estimate of drug-likeness (QED) is 0.849. The summed E-state index contributed by atoms with van der Waals surface area (Å²) < 4.78 is 28.7. The number of halogens is 2. The molecule has 0 spiro atoms. The average molecular weight is 395 g/mol. The standard InChI is InChI=1S/C19H27F2N5O2/c1-11-6-16-22-14(8-15(18(20)21)26(16)23-11)12-4-3-5-25(10-12)19(28)13-7-17(27)24(2)9-13/h6,12-15,18,22H,3-5,7-10H2,1-2H3/t12-,13-,14-,15+/m0/s1. The summed E-state index contributed by atoms with van der Waals surface area (Å²) in [7, 11) is 1.72. The number of carbonyl (C=O) groups excluding carboxylic acids is 2. The van der Waals surface area contributed by atoms with Gasteiger partial charge in [-0.2, -0.15) is 5.10 Å². The smallest absolute Gasteiger partial charge is 0.260 e. The fourth-order valence-electron chi connectivity index (χ4n) is 4.83. The van der Waals surface area contributed by atoms with E-state index in [9.17, 15) is 18.4 Å². The lowest BCUT2D eigenvalue weighted by Crippen LogP contribution is -2.49. The van der Waals surface area contributed by atoms with E-state index in [0.29, 0.717) is 37.6 Å². The van der Waals surface area contributed by atoms with Crippen LogP contribution in [0.3, 0.4) is 0 Å². The number of hydrogen-bond acceptors (Lipinski definition) is 4. The van der Waals surface area contributed by atoms with Crippen LogP contribution in [0.2, 0.25) is 0 Å². The minimum Gasteiger partial charge on any atom is -0.367 e. The molecule has 2 amide bonds.